The number of pyridine rings is 1. The molecule has 0 aliphatic carbocycles. The molecule has 2 aliphatic rings. The minimum atomic E-state index is -3.05. The molecule has 6 heteroatoms. The van der Waals surface area contributed by atoms with Crippen molar-refractivity contribution in [1.29, 1.82) is 0 Å². The lowest BCUT2D eigenvalue weighted by Crippen LogP contribution is -2.43. The summed E-state index contributed by atoms with van der Waals surface area (Å²) in [6, 6.07) is 4.03. The highest BCUT2D eigenvalue weighted by molar-refractivity contribution is 7.88. The van der Waals surface area contributed by atoms with Gasteiger partial charge < -0.3 is 4.74 Å². The second-order valence-corrected chi connectivity index (χ2v) is 8.35. The summed E-state index contributed by atoms with van der Waals surface area (Å²) in [6.45, 7) is 2.01. The third-order valence-electron chi connectivity index (χ3n) is 4.72. The van der Waals surface area contributed by atoms with Gasteiger partial charge in [-0.2, -0.15) is 0 Å². The van der Waals surface area contributed by atoms with Gasteiger partial charge in [0.1, 0.15) is 0 Å². The Bertz CT molecular complexity index is 580. The van der Waals surface area contributed by atoms with Crippen LogP contribution in [-0.4, -0.2) is 49.8 Å². The molecule has 0 radical (unpaired) electrons. The highest BCUT2D eigenvalue weighted by atomic mass is 32.2. The maximum absolute atomic E-state index is 11.6. The number of sulfonamides is 1. The molecule has 0 amide bonds. The van der Waals surface area contributed by atoms with Crippen LogP contribution in [0.15, 0.2) is 24.5 Å². The highest BCUT2D eigenvalue weighted by Crippen LogP contribution is 2.43. The van der Waals surface area contributed by atoms with Crippen molar-refractivity contribution in [3.63, 3.8) is 0 Å². The van der Waals surface area contributed by atoms with E-state index in [2.05, 4.69) is 11.1 Å². The van der Waals surface area contributed by atoms with Crippen LogP contribution in [0.2, 0.25) is 0 Å². The fraction of sp³-hybridized carbons (Fsp3) is 0.667. The largest absolute Gasteiger partial charge is 0.377 e. The molecule has 0 bridgehead atoms. The molecule has 21 heavy (non-hydrogen) atoms. The zero-order chi connectivity index (χ0) is 14.9. The van der Waals surface area contributed by atoms with Crippen molar-refractivity contribution in [1.82, 2.24) is 9.29 Å². The predicted octanol–water partition coefficient (Wildman–Crippen LogP) is 1.45. The minimum Gasteiger partial charge on any atom is -0.377 e. The monoisotopic (exact) mass is 310 g/mol. The van der Waals surface area contributed by atoms with Crippen LogP contribution >= 0.6 is 0 Å². The van der Waals surface area contributed by atoms with Crippen LogP contribution in [0.1, 0.15) is 24.8 Å². The fourth-order valence-corrected chi connectivity index (χ4v) is 4.29. The van der Waals surface area contributed by atoms with Crippen LogP contribution in [0.4, 0.5) is 0 Å². The Labute approximate surface area is 126 Å². The normalized spacial score (nSPS) is 26.2. The van der Waals surface area contributed by atoms with Crippen LogP contribution in [0.3, 0.4) is 0 Å². The Balaban J connectivity index is 1.58. The number of ether oxygens (including phenoxy) is 1. The Morgan fingerprint density at radius 3 is 2.81 bits per heavy atom. The summed E-state index contributed by atoms with van der Waals surface area (Å²) in [5.74, 6) is 0. The van der Waals surface area contributed by atoms with E-state index in [1.165, 1.54) is 11.8 Å². The molecule has 0 unspecified atom stereocenters. The molecule has 0 N–H and O–H groups in total. The first kappa shape index (κ1) is 14.9. The lowest BCUT2D eigenvalue weighted by atomic mass is 9.77. The maximum atomic E-state index is 11.6. The van der Waals surface area contributed by atoms with E-state index in [-0.39, 0.29) is 11.5 Å². The quantitative estimate of drug-likeness (QED) is 0.848. The van der Waals surface area contributed by atoms with E-state index in [4.69, 9.17) is 4.74 Å². The lowest BCUT2D eigenvalue weighted by molar-refractivity contribution is 0.0793. The van der Waals surface area contributed by atoms with Crippen molar-refractivity contribution >= 4 is 10.0 Å². The molecule has 0 saturated carbocycles. The molecule has 5 nitrogen and oxygen atoms in total. The zero-order valence-corrected chi connectivity index (χ0v) is 13.2. The van der Waals surface area contributed by atoms with E-state index in [0.29, 0.717) is 13.1 Å². The van der Waals surface area contributed by atoms with E-state index in [0.717, 1.165) is 32.3 Å². The molecule has 1 atom stereocenters. The van der Waals surface area contributed by atoms with Crippen LogP contribution in [0.5, 0.6) is 0 Å². The van der Waals surface area contributed by atoms with Crippen molar-refractivity contribution in [2.75, 3.05) is 26.0 Å². The maximum Gasteiger partial charge on any atom is 0.211 e. The van der Waals surface area contributed by atoms with Crippen LogP contribution in [0, 0.1) is 5.41 Å². The van der Waals surface area contributed by atoms with E-state index < -0.39 is 10.0 Å². The first-order chi connectivity index (χ1) is 9.97. The van der Waals surface area contributed by atoms with Crippen LogP contribution in [0.25, 0.3) is 0 Å². The molecule has 0 aromatic carbocycles. The number of piperidine rings is 1. The topological polar surface area (TPSA) is 59.5 Å². The summed E-state index contributed by atoms with van der Waals surface area (Å²) in [5.41, 5.74) is 1.38. The van der Waals surface area contributed by atoms with Crippen molar-refractivity contribution < 1.29 is 13.2 Å². The molecule has 116 valence electrons. The summed E-state index contributed by atoms with van der Waals surface area (Å²) in [6.07, 6.45) is 8.93. The Kier molecular flexibility index (Phi) is 4.03. The first-order valence-corrected chi connectivity index (χ1v) is 9.27. The molecule has 2 saturated heterocycles. The molecular formula is C15H22N2O3S. The molecule has 3 rings (SSSR count). The number of aromatic nitrogens is 1. The van der Waals surface area contributed by atoms with Gasteiger partial charge in [0.15, 0.2) is 0 Å². The van der Waals surface area contributed by atoms with Gasteiger partial charge in [0, 0.05) is 31.9 Å². The molecule has 1 aromatic heterocycles. The molecule has 1 aromatic rings. The summed E-state index contributed by atoms with van der Waals surface area (Å²) >= 11 is 0. The molecular weight excluding hydrogens is 288 g/mol. The van der Waals surface area contributed by atoms with Crippen molar-refractivity contribution in [3.8, 4) is 0 Å². The summed E-state index contributed by atoms with van der Waals surface area (Å²) in [4.78, 5) is 4.14. The lowest BCUT2D eigenvalue weighted by Gasteiger charge is -2.37. The summed E-state index contributed by atoms with van der Waals surface area (Å²) < 4.78 is 30.7. The SMILES string of the molecule is CS(=O)(=O)N1CCC2(CC1)CO[C@@H](Cc1cccnc1)C2. The average molecular weight is 310 g/mol. The number of hydrogen-bond acceptors (Lipinski definition) is 4. The number of nitrogens with zero attached hydrogens (tertiary/aromatic N) is 2. The summed E-state index contributed by atoms with van der Waals surface area (Å²) in [5, 5.41) is 0. The van der Waals surface area contributed by atoms with Gasteiger partial charge in [-0.15, -0.1) is 0 Å². The Hall–Kier alpha value is -0.980. The van der Waals surface area contributed by atoms with Crippen LogP contribution < -0.4 is 0 Å². The van der Waals surface area contributed by atoms with E-state index in [9.17, 15) is 8.42 Å². The van der Waals surface area contributed by atoms with Gasteiger partial charge in [0.25, 0.3) is 0 Å². The predicted molar refractivity (Wildman–Crippen MR) is 80.4 cm³/mol. The standard InChI is InChI=1S/C15H22N2O3S/c1-21(18,19)17-7-4-15(5-8-17)10-14(20-12-15)9-13-3-2-6-16-11-13/h2-3,6,11,14H,4-5,7-10,12H2,1H3/t14-/m0/s1. The first-order valence-electron chi connectivity index (χ1n) is 7.43. The fourth-order valence-electron chi connectivity index (χ4n) is 3.45. The molecule has 2 aliphatic heterocycles. The Morgan fingerprint density at radius 2 is 2.19 bits per heavy atom. The van der Waals surface area contributed by atoms with Crippen LogP contribution in [-0.2, 0) is 21.2 Å². The second-order valence-electron chi connectivity index (χ2n) is 6.36. The van der Waals surface area contributed by atoms with Crippen molar-refractivity contribution in [2.24, 2.45) is 5.41 Å². The third kappa shape index (κ3) is 3.44. The Morgan fingerprint density at radius 1 is 1.43 bits per heavy atom. The van der Waals surface area contributed by atoms with Crippen molar-refractivity contribution in [2.45, 2.75) is 31.8 Å². The van der Waals surface area contributed by atoms with E-state index in [1.54, 1.807) is 10.5 Å². The molecule has 3 heterocycles. The molecule has 2 fully saturated rings. The summed E-state index contributed by atoms with van der Waals surface area (Å²) in [7, 11) is -3.05. The molecule has 1 spiro atoms. The number of rotatable bonds is 3. The minimum absolute atomic E-state index is 0.175. The van der Waals surface area contributed by atoms with E-state index >= 15 is 0 Å². The van der Waals surface area contributed by atoms with Gasteiger partial charge in [-0.25, -0.2) is 12.7 Å². The zero-order valence-electron chi connectivity index (χ0n) is 12.4. The smallest absolute Gasteiger partial charge is 0.211 e. The van der Waals surface area contributed by atoms with Gasteiger partial charge in [-0.05, 0) is 36.3 Å². The third-order valence-corrected chi connectivity index (χ3v) is 6.03. The van der Waals surface area contributed by atoms with E-state index in [1.807, 2.05) is 12.3 Å². The highest BCUT2D eigenvalue weighted by Gasteiger charge is 2.43. The number of hydrogen-bond donors (Lipinski definition) is 0. The van der Waals surface area contributed by atoms with Crippen molar-refractivity contribution in [3.05, 3.63) is 30.1 Å². The van der Waals surface area contributed by atoms with Gasteiger partial charge in [-0.3, -0.25) is 4.98 Å². The van der Waals surface area contributed by atoms with Gasteiger partial charge >= 0.3 is 0 Å². The van der Waals surface area contributed by atoms with Gasteiger partial charge in [-0.1, -0.05) is 6.07 Å². The van der Waals surface area contributed by atoms with Gasteiger partial charge in [0.2, 0.25) is 10.0 Å². The second kappa shape index (κ2) is 5.66. The average Bonchev–Trinajstić information content (AvgIpc) is 2.82. The van der Waals surface area contributed by atoms with Gasteiger partial charge in [0.05, 0.1) is 19.0 Å².